The van der Waals surface area contributed by atoms with Gasteiger partial charge in [0.05, 0.1) is 32.3 Å². The van der Waals surface area contributed by atoms with Crippen LogP contribution >= 0.6 is 27.5 Å². The third kappa shape index (κ3) is 4.26. The molecule has 144 valence electrons. The van der Waals surface area contributed by atoms with E-state index >= 15 is 0 Å². The first kappa shape index (κ1) is 20.1. The van der Waals surface area contributed by atoms with Crippen molar-refractivity contribution in [2.24, 2.45) is 0 Å². The van der Waals surface area contributed by atoms with Crippen LogP contribution in [0.5, 0.6) is 0 Å². The molecule has 6 nitrogen and oxygen atoms in total. The summed E-state index contributed by atoms with van der Waals surface area (Å²) in [5, 5.41) is 10.3. The number of carbonyl (C=O) groups excluding carboxylic acids is 2. The SMILES string of the molecule is CC(=O)Nc1ccc(NC(=O)c2ccc(-n3nc(C)c(Br)c3C)cc2)cc1Cl. The zero-order valence-electron chi connectivity index (χ0n) is 15.5. The van der Waals surface area contributed by atoms with Crippen molar-refractivity contribution in [2.45, 2.75) is 20.8 Å². The topological polar surface area (TPSA) is 76.0 Å². The van der Waals surface area contributed by atoms with E-state index < -0.39 is 0 Å². The van der Waals surface area contributed by atoms with E-state index in [1.165, 1.54) is 6.92 Å². The minimum absolute atomic E-state index is 0.214. The number of rotatable bonds is 4. The summed E-state index contributed by atoms with van der Waals surface area (Å²) in [4.78, 5) is 23.6. The number of hydrogen-bond donors (Lipinski definition) is 2. The van der Waals surface area contributed by atoms with Gasteiger partial charge in [-0.2, -0.15) is 5.10 Å². The van der Waals surface area contributed by atoms with E-state index in [9.17, 15) is 9.59 Å². The van der Waals surface area contributed by atoms with Gasteiger partial charge in [-0.15, -0.1) is 0 Å². The number of benzene rings is 2. The summed E-state index contributed by atoms with van der Waals surface area (Å²) in [5.41, 5.74) is 4.29. The zero-order valence-corrected chi connectivity index (χ0v) is 17.9. The number of anilines is 2. The lowest BCUT2D eigenvalue weighted by atomic mass is 10.2. The van der Waals surface area contributed by atoms with Gasteiger partial charge in [0.1, 0.15) is 0 Å². The maximum atomic E-state index is 12.5. The summed E-state index contributed by atoms with van der Waals surface area (Å²) in [6, 6.07) is 12.1. The van der Waals surface area contributed by atoms with E-state index in [0.29, 0.717) is 22.0 Å². The van der Waals surface area contributed by atoms with Gasteiger partial charge in [0.15, 0.2) is 0 Å². The van der Waals surface area contributed by atoms with Gasteiger partial charge in [-0.25, -0.2) is 4.68 Å². The molecule has 3 rings (SSSR count). The summed E-state index contributed by atoms with van der Waals surface area (Å²) < 4.78 is 2.79. The molecule has 28 heavy (non-hydrogen) atoms. The molecule has 1 aromatic heterocycles. The van der Waals surface area contributed by atoms with E-state index in [1.54, 1.807) is 30.3 Å². The number of hydrogen-bond acceptors (Lipinski definition) is 3. The molecule has 0 spiro atoms. The monoisotopic (exact) mass is 460 g/mol. The van der Waals surface area contributed by atoms with Gasteiger partial charge in [-0.05, 0) is 72.2 Å². The summed E-state index contributed by atoms with van der Waals surface area (Å²) in [6.07, 6.45) is 0. The van der Waals surface area contributed by atoms with Crippen LogP contribution in [0.4, 0.5) is 11.4 Å². The lowest BCUT2D eigenvalue weighted by Gasteiger charge is -2.10. The fourth-order valence-electron chi connectivity index (χ4n) is 2.72. The summed E-state index contributed by atoms with van der Waals surface area (Å²) >= 11 is 9.66. The number of aromatic nitrogens is 2. The Labute approximate surface area is 176 Å². The van der Waals surface area contributed by atoms with Crippen LogP contribution in [0.1, 0.15) is 28.7 Å². The molecule has 0 saturated carbocycles. The van der Waals surface area contributed by atoms with Crippen LogP contribution in [-0.2, 0) is 4.79 Å². The molecular weight excluding hydrogens is 444 g/mol. The highest BCUT2D eigenvalue weighted by Gasteiger charge is 2.12. The number of amides is 2. The molecule has 1 heterocycles. The largest absolute Gasteiger partial charge is 0.325 e. The van der Waals surface area contributed by atoms with Crippen LogP contribution in [0.15, 0.2) is 46.9 Å². The van der Waals surface area contributed by atoms with Gasteiger partial charge in [0, 0.05) is 18.2 Å². The molecular formula is C20H18BrClN4O2. The second kappa shape index (κ2) is 8.16. The van der Waals surface area contributed by atoms with E-state index in [4.69, 9.17) is 11.6 Å². The predicted molar refractivity (Wildman–Crippen MR) is 114 cm³/mol. The van der Waals surface area contributed by atoms with Crippen molar-refractivity contribution >= 4 is 50.7 Å². The number of aryl methyl sites for hydroxylation is 1. The summed E-state index contributed by atoms with van der Waals surface area (Å²) in [6.45, 7) is 5.30. The lowest BCUT2D eigenvalue weighted by Crippen LogP contribution is -2.12. The second-order valence-corrected chi connectivity index (χ2v) is 7.47. The van der Waals surface area contributed by atoms with Crippen molar-refractivity contribution in [3.63, 3.8) is 0 Å². The van der Waals surface area contributed by atoms with E-state index in [1.807, 2.05) is 30.7 Å². The molecule has 2 aromatic carbocycles. The quantitative estimate of drug-likeness (QED) is 0.566. The highest BCUT2D eigenvalue weighted by atomic mass is 79.9. The Balaban J connectivity index is 1.75. The summed E-state index contributed by atoms with van der Waals surface area (Å²) in [7, 11) is 0. The van der Waals surface area contributed by atoms with Crippen molar-refractivity contribution in [3.8, 4) is 5.69 Å². The molecule has 0 aliphatic heterocycles. The Morgan fingerprint density at radius 3 is 2.29 bits per heavy atom. The van der Waals surface area contributed by atoms with Crippen LogP contribution in [0, 0.1) is 13.8 Å². The molecule has 2 amide bonds. The number of nitrogens with one attached hydrogen (secondary N) is 2. The van der Waals surface area contributed by atoms with Gasteiger partial charge < -0.3 is 10.6 Å². The average Bonchev–Trinajstić information content (AvgIpc) is 2.91. The summed E-state index contributed by atoms with van der Waals surface area (Å²) in [5.74, 6) is -0.474. The molecule has 8 heteroatoms. The van der Waals surface area contributed by atoms with Crippen LogP contribution in [-0.4, -0.2) is 21.6 Å². The Hall–Kier alpha value is -2.64. The Morgan fingerprint density at radius 2 is 1.75 bits per heavy atom. The number of halogens is 2. The third-order valence-corrected chi connectivity index (χ3v) is 5.58. The first-order valence-electron chi connectivity index (χ1n) is 8.47. The van der Waals surface area contributed by atoms with Gasteiger partial charge >= 0.3 is 0 Å². The Bertz CT molecular complexity index is 1060. The minimum Gasteiger partial charge on any atom is -0.325 e. The van der Waals surface area contributed by atoms with E-state index in [0.717, 1.165) is 21.5 Å². The van der Waals surface area contributed by atoms with Gasteiger partial charge in [0.25, 0.3) is 5.91 Å². The third-order valence-electron chi connectivity index (χ3n) is 4.11. The standard InChI is InChI=1S/C20H18BrClN4O2/c1-11-19(21)12(2)26(25-11)16-7-4-14(5-8-16)20(28)24-15-6-9-18(17(22)10-15)23-13(3)27/h4-10H,1-3H3,(H,23,27)(H,24,28). The molecule has 0 fully saturated rings. The highest BCUT2D eigenvalue weighted by Crippen LogP contribution is 2.26. The Kier molecular flexibility index (Phi) is 5.86. The van der Waals surface area contributed by atoms with Crippen LogP contribution < -0.4 is 10.6 Å². The van der Waals surface area contributed by atoms with Gasteiger partial charge in [0.2, 0.25) is 5.91 Å². The Morgan fingerprint density at radius 1 is 1.07 bits per heavy atom. The fraction of sp³-hybridized carbons (Fsp3) is 0.150. The van der Waals surface area contributed by atoms with Crippen molar-refractivity contribution in [3.05, 3.63) is 68.9 Å². The number of carbonyl (C=O) groups is 2. The molecule has 0 bridgehead atoms. The van der Waals surface area contributed by atoms with Crippen molar-refractivity contribution in [1.82, 2.24) is 9.78 Å². The van der Waals surface area contributed by atoms with Crippen LogP contribution in [0.2, 0.25) is 5.02 Å². The molecule has 3 aromatic rings. The maximum absolute atomic E-state index is 12.5. The number of nitrogens with zero attached hydrogens (tertiary/aromatic N) is 2. The minimum atomic E-state index is -0.260. The maximum Gasteiger partial charge on any atom is 0.255 e. The predicted octanol–water partition coefficient (Wildman–Crippen LogP) is 5.12. The molecule has 0 atom stereocenters. The van der Waals surface area contributed by atoms with Gasteiger partial charge in [-0.1, -0.05) is 11.6 Å². The van der Waals surface area contributed by atoms with Crippen molar-refractivity contribution in [2.75, 3.05) is 10.6 Å². The van der Waals surface area contributed by atoms with E-state index in [-0.39, 0.29) is 11.8 Å². The first-order valence-corrected chi connectivity index (χ1v) is 9.64. The highest BCUT2D eigenvalue weighted by molar-refractivity contribution is 9.10. The molecule has 0 unspecified atom stereocenters. The normalized spacial score (nSPS) is 10.6. The molecule has 0 aliphatic carbocycles. The molecule has 0 aliphatic rings. The molecule has 2 N–H and O–H groups in total. The average molecular weight is 462 g/mol. The van der Waals surface area contributed by atoms with Gasteiger partial charge in [-0.3, -0.25) is 9.59 Å². The van der Waals surface area contributed by atoms with Crippen LogP contribution in [0.25, 0.3) is 5.69 Å². The van der Waals surface area contributed by atoms with Crippen molar-refractivity contribution in [1.29, 1.82) is 0 Å². The van der Waals surface area contributed by atoms with E-state index in [2.05, 4.69) is 31.7 Å². The smallest absolute Gasteiger partial charge is 0.255 e. The fourth-order valence-corrected chi connectivity index (χ4v) is 3.19. The molecule has 0 radical (unpaired) electrons. The molecule has 0 saturated heterocycles. The first-order chi connectivity index (χ1) is 13.3. The van der Waals surface area contributed by atoms with Crippen LogP contribution in [0.3, 0.4) is 0 Å². The lowest BCUT2D eigenvalue weighted by molar-refractivity contribution is -0.114. The zero-order chi connectivity index (χ0) is 20.4. The second-order valence-electron chi connectivity index (χ2n) is 6.27. The van der Waals surface area contributed by atoms with Crippen molar-refractivity contribution < 1.29 is 9.59 Å².